The molecule has 0 aliphatic rings. The molecule has 0 fully saturated rings. The number of hydrogen-bond donors (Lipinski definition) is 2. The molecule has 0 bridgehead atoms. The summed E-state index contributed by atoms with van der Waals surface area (Å²) in [6.45, 7) is 3.94. The number of aryl methyl sites for hydroxylation is 2. The van der Waals surface area contributed by atoms with Crippen molar-refractivity contribution in [2.45, 2.75) is 19.9 Å². The zero-order valence-electron chi connectivity index (χ0n) is 11.3. The van der Waals surface area contributed by atoms with Gasteiger partial charge in [0.25, 0.3) is 0 Å². The van der Waals surface area contributed by atoms with Crippen LogP contribution in [0, 0.1) is 13.8 Å². The Bertz CT molecular complexity index is 571. The predicted molar refractivity (Wildman–Crippen MR) is 73.7 cm³/mol. The van der Waals surface area contributed by atoms with Crippen molar-refractivity contribution >= 4 is 0 Å². The Balaban J connectivity index is 2.43. The van der Waals surface area contributed by atoms with Crippen LogP contribution in [0.25, 0.3) is 0 Å². The summed E-state index contributed by atoms with van der Waals surface area (Å²) in [6, 6.07) is 5.76. The van der Waals surface area contributed by atoms with Gasteiger partial charge in [0, 0.05) is 17.6 Å². The summed E-state index contributed by atoms with van der Waals surface area (Å²) in [4.78, 5) is 8.62. The van der Waals surface area contributed by atoms with Crippen LogP contribution in [0.2, 0.25) is 0 Å². The summed E-state index contributed by atoms with van der Waals surface area (Å²) in [7, 11) is 1.62. The van der Waals surface area contributed by atoms with Crippen molar-refractivity contribution in [1.29, 1.82) is 0 Å². The van der Waals surface area contributed by atoms with Gasteiger partial charge in [0.2, 0.25) is 0 Å². The van der Waals surface area contributed by atoms with E-state index in [1.54, 1.807) is 19.5 Å². The summed E-state index contributed by atoms with van der Waals surface area (Å²) in [5.74, 6) is 6.39. The fourth-order valence-corrected chi connectivity index (χ4v) is 2.07. The van der Waals surface area contributed by atoms with Crippen molar-refractivity contribution < 1.29 is 4.74 Å². The maximum atomic E-state index is 5.69. The van der Waals surface area contributed by atoms with Crippen LogP contribution in [-0.4, -0.2) is 17.1 Å². The molecule has 0 aromatic carbocycles. The molecule has 0 amide bonds. The zero-order valence-corrected chi connectivity index (χ0v) is 11.3. The molecule has 5 nitrogen and oxygen atoms in total. The lowest BCUT2D eigenvalue weighted by Gasteiger charge is -2.19. The third-order valence-corrected chi connectivity index (χ3v) is 3.05. The van der Waals surface area contributed by atoms with Gasteiger partial charge in [-0.2, -0.15) is 0 Å². The van der Waals surface area contributed by atoms with Crippen LogP contribution in [0.15, 0.2) is 30.6 Å². The third-order valence-electron chi connectivity index (χ3n) is 3.05. The minimum atomic E-state index is -0.157. The normalized spacial score (nSPS) is 12.2. The summed E-state index contributed by atoms with van der Waals surface area (Å²) >= 11 is 0. The maximum Gasteiger partial charge on any atom is 0.137 e. The number of nitrogens with zero attached hydrogens (tertiary/aromatic N) is 2. The number of hydrogen-bond acceptors (Lipinski definition) is 5. The van der Waals surface area contributed by atoms with Crippen LogP contribution < -0.4 is 16.0 Å². The van der Waals surface area contributed by atoms with E-state index >= 15 is 0 Å². The number of ether oxygens (including phenoxy) is 1. The fourth-order valence-electron chi connectivity index (χ4n) is 2.07. The van der Waals surface area contributed by atoms with Crippen molar-refractivity contribution in [3.8, 4) is 5.75 Å². The lowest BCUT2D eigenvalue weighted by Crippen LogP contribution is -2.29. The molecule has 2 rings (SSSR count). The van der Waals surface area contributed by atoms with E-state index in [-0.39, 0.29) is 6.04 Å². The second-order valence-electron chi connectivity index (χ2n) is 4.39. The second-order valence-corrected chi connectivity index (χ2v) is 4.39. The molecule has 2 aromatic heterocycles. The van der Waals surface area contributed by atoms with E-state index in [1.165, 1.54) is 0 Å². The van der Waals surface area contributed by atoms with E-state index in [4.69, 9.17) is 10.6 Å². The number of aromatic nitrogens is 2. The Morgan fingerprint density at radius 1 is 1.26 bits per heavy atom. The molecule has 0 spiro atoms. The lowest BCUT2D eigenvalue weighted by atomic mass is 9.99. The van der Waals surface area contributed by atoms with Crippen LogP contribution in [0.5, 0.6) is 5.75 Å². The molecule has 0 aliphatic carbocycles. The van der Waals surface area contributed by atoms with Gasteiger partial charge < -0.3 is 4.74 Å². The fraction of sp³-hybridized carbons (Fsp3) is 0.286. The molecule has 0 radical (unpaired) electrons. The van der Waals surface area contributed by atoms with Crippen molar-refractivity contribution in [3.05, 3.63) is 53.1 Å². The van der Waals surface area contributed by atoms with Crippen molar-refractivity contribution in [2.24, 2.45) is 5.84 Å². The molecule has 100 valence electrons. The first-order valence-electron chi connectivity index (χ1n) is 6.05. The molecule has 0 saturated carbocycles. The molecule has 2 aromatic rings. The van der Waals surface area contributed by atoms with Gasteiger partial charge in [0.15, 0.2) is 0 Å². The molecular formula is C14H18N4O. The third kappa shape index (κ3) is 2.89. The summed E-state index contributed by atoms with van der Waals surface area (Å²) in [6.07, 6.45) is 3.43. The SMILES string of the molecule is COc1cncc(C(NN)c2ccc(C)nc2C)c1. The summed E-state index contributed by atoms with van der Waals surface area (Å²) in [5.41, 5.74) is 6.72. The molecule has 1 atom stereocenters. The van der Waals surface area contributed by atoms with Gasteiger partial charge >= 0.3 is 0 Å². The number of pyridine rings is 2. The predicted octanol–water partition coefficient (Wildman–Crippen LogP) is 1.65. The smallest absolute Gasteiger partial charge is 0.137 e. The number of methoxy groups -OCH3 is 1. The first-order chi connectivity index (χ1) is 9.15. The highest BCUT2D eigenvalue weighted by Crippen LogP contribution is 2.25. The monoisotopic (exact) mass is 258 g/mol. The van der Waals surface area contributed by atoms with E-state index in [0.29, 0.717) is 5.75 Å². The van der Waals surface area contributed by atoms with Crippen LogP contribution in [0.4, 0.5) is 0 Å². The molecule has 0 saturated heterocycles. The molecule has 19 heavy (non-hydrogen) atoms. The number of hydrazine groups is 1. The molecule has 0 aliphatic heterocycles. The van der Waals surface area contributed by atoms with Gasteiger partial charge in [0.05, 0.1) is 19.3 Å². The van der Waals surface area contributed by atoms with Gasteiger partial charge in [-0.1, -0.05) is 6.07 Å². The minimum absolute atomic E-state index is 0.157. The quantitative estimate of drug-likeness (QED) is 0.644. The zero-order chi connectivity index (χ0) is 13.8. The van der Waals surface area contributed by atoms with E-state index in [1.807, 2.05) is 32.0 Å². The number of rotatable bonds is 4. The first-order valence-corrected chi connectivity index (χ1v) is 6.05. The van der Waals surface area contributed by atoms with Crippen molar-refractivity contribution in [1.82, 2.24) is 15.4 Å². The molecule has 3 N–H and O–H groups in total. The second kappa shape index (κ2) is 5.77. The average molecular weight is 258 g/mol. The van der Waals surface area contributed by atoms with E-state index in [0.717, 1.165) is 22.5 Å². The van der Waals surface area contributed by atoms with Crippen LogP contribution in [0.3, 0.4) is 0 Å². The van der Waals surface area contributed by atoms with E-state index < -0.39 is 0 Å². The Hall–Kier alpha value is -1.98. The van der Waals surface area contributed by atoms with Gasteiger partial charge in [-0.25, -0.2) is 5.43 Å². The highest BCUT2D eigenvalue weighted by atomic mass is 16.5. The minimum Gasteiger partial charge on any atom is -0.495 e. The Morgan fingerprint density at radius 3 is 2.68 bits per heavy atom. The maximum absolute atomic E-state index is 5.69. The Morgan fingerprint density at radius 2 is 2.05 bits per heavy atom. The van der Waals surface area contributed by atoms with Crippen LogP contribution in [0.1, 0.15) is 28.6 Å². The van der Waals surface area contributed by atoms with Crippen LogP contribution in [-0.2, 0) is 0 Å². The lowest BCUT2D eigenvalue weighted by molar-refractivity contribution is 0.411. The molecule has 2 heterocycles. The van der Waals surface area contributed by atoms with Gasteiger partial charge in [0.1, 0.15) is 5.75 Å². The summed E-state index contributed by atoms with van der Waals surface area (Å²) < 4.78 is 5.19. The highest BCUT2D eigenvalue weighted by Gasteiger charge is 2.16. The number of nitrogens with two attached hydrogens (primary N) is 1. The first kappa shape index (κ1) is 13.5. The number of nitrogens with one attached hydrogen (secondary N) is 1. The van der Waals surface area contributed by atoms with Gasteiger partial charge in [-0.05, 0) is 37.1 Å². The Labute approximate surface area is 112 Å². The van der Waals surface area contributed by atoms with Crippen molar-refractivity contribution in [3.63, 3.8) is 0 Å². The van der Waals surface area contributed by atoms with Crippen molar-refractivity contribution in [2.75, 3.05) is 7.11 Å². The largest absolute Gasteiger partial charge is 0.495 e. The summed E-state index contributed by atoms with van der Waals surface area (Å²) in [5, 5.41) is 0. The average Bonchev–Trinajstić information content (AvgIpc) is 2.42. The van der Waals surface area contributed by atoms with E-state index in [9.17, 15) is 0 Å². The molecule has 1 unspecified atom stereocenters. The topological polar surface area (TPSA) is 73.1 Å². The van der Waals surface area contributed by atoms with Gasteiger partial charge in [-0.15, -0.1) is 0 Å². The molecule has 5 heteroatoms. The van der Waals surface area contributed by atoms with E-state index in [2.05, 4.69) is 15.4 Å². The highest BCUT2D eigenvalue weighted by molar-refractivity contribution is 5.36. The van der Waals surface area contributed by atoms with Gasteiger partial charge in [-0.3, -0.25) is 15.8 Å². The van der Waals surface area contributed by atoms with Crippen LogP contribution >= 0.6 is 0 Å². The molecular weight excluding hydrogens is 240 g/mol. The Kier molecular flexibility index (Phi) is 4.09. The standard InChI is InChI=1S/C14H18N4O/c1-9-4-5-13(10(2)17-9)14(18-15)11-6-12(19-3)8-16-7-11/h4-8,14,18H,15H2,1-3H3.